The highest BCUT2D eigenvalue weighted by molar-refractivity contribution is 7.90. The molecular formula is C24H30ClN3O4S. The van der Waals surface area contributed by atoms with Crippen LogP contribution in [0.25, 0.3) is 0 Å². The molecule has 0 saturated heterocycles. The Labute approximate surface area is 200 Å². The molecule has 1 aliphatic heterocycles. The summed E-state index contributed by atoms with van der Waals surface area (Å²) >= 11 is 6.24. The summed E-state index contributed by atoms with van der Waals surface area (Å²) in [5, 5.41) is 8.92. The first kappa shape index (κ1) is 25.2. The summed E-state index contributed by atoms with van der Waals surface area (Å²) in [6.45, 7) is 10.9. The number of carbonyl (C=O) groups excluding carboxylic acids is 1. The van der Waals surface area contributed by atoms with Crippen molar-refractivity contribution in [2.24, 2.45) is 10.2 Å². The number of anilines is 1. The predicted octanol–water partition coefficient (Wildman–Crippen LogP) is 6.12. The van der Waals surface area contributed by atoms with Gasteiger partial charge in [0, 0.05) is 24.4 Å². The molecule has 0 N–H and O–H groups in total. The number of ether oxygens (including phenoxy) is 1. The van der Waals surface area contributed by atoms with Crippen LogP contribution in [0.1, 0.15) is 51.2 Å². The summed E-state index contributed by atoms with van der Waals surface area (Å²) in [6.07, 6.45) is 2.08. The van der Waals surface area contributed by atoms with Gasteiger partial charge in [-0.3, -0.25) is 4.79 Å². The van der Waals surface area contributed by atoms with E-state index in [9.17, 15) is 13.2 Å². The smallest absolute Gasteiger partial charge is 0.302 e. The number of nitrogens with zero attached hydrogens (tertiary/aromatic N) is 3. The Morgan fingerprint density at radius 3 is 2.48 bits per heavy atom. The summed E-state index contributed by atoms with van der Waals surface area (Å²) in [4.78, 5) is 13.7. The first-order chi connectivity index (χ1) is 15.3. The molecule has 2 aromatic carbocycles. The van der Waals surface area contributed by atoms with Crippen molar-refractivity contribution in [3.8, 4) is 0 Å². The molecule has 2 aromatic rings. The average Bonchev–Trinajstić information content (AvgIpc) is 2.68. The Hall–Kier alpha value is -2.45. The molecule has 0 saturated carbocycles. The van der Waals surface area contributed by atoms with E-state index in [1.54, 1.807) is 6.07 Å². The summed E-state index contributed by atoms with van der Waals surface area (Å²) in [7, 11) is -3.35. The maximum absolute atomic E-state index is 11.7. The van der Waals surface area contributed by atoms with Gasteiger partial charge in [0.25, 0.3) is 0 Å². The fourth-order valence-corrected chi connectivity index (χ4v) is 5.27. The van der Waals surface area contributed by atoms with Gasteiger partial charge in [0.2, 0.25) is 0 Å². The number of fused-ring (bicyclic) bond motifs is 1. The Bertz CT molecular complexity index is 1210. The number of aryl methyl sites for hydroxylation is 1. The molecule has 0 spiro atoms. The van der Waals surface area contributed by atoms with Crippen LogP contribution in [0.5, 0.6) is 0 Å². The zero-order chi connectivity index (χ0) is 24.6. The van der Waals surface area contributed by atoms with Gasteiger partial charge in [0.05, 0.1) is 22.2 Å². The first-order valence-electron chi connectivity index (χ1n) is 10.8. The fraction of sp³-hybridized carbons (Fsp3) is 0.458. The highest BCUT2D eigenvalue weighted by atomic mass is 35.5. The van der Waals surface area contributed by atoms with Crippen molar-refractivity contribution in [3.05, 3.63) is 46.5 Å². The molecule has 178 valence electrons. The number of rotatable bonds is 6. The van der Waals surface area contributed by atoms with E-state index in [2.05, 4.69) is 42.0 Å². The molecule has 0 aromatic heterocycles. The van der Waals surface area contributed by atoms with E-state index in [0.717, 1.165) is 35.2 Å². The lowest BCUT2D eigenvalue weighted by Crippen LogP contribution is -2.49. The van der Waals surface area contributed by atoms with E-state index in [1.807, 2.05) is 13.0 Å². The van der Waals surface area contributed by atoms with Crippen molar-refractivity contribution in [3.63, 3.8) is 0 Å². The molecule has 33 heavy (non-hydrogen) atoms. The number of esters is 1. The van der Waals surface area contributed by atoms with Gasteiger partial charge >= 0.3 is 5.97 Å². The normalized spacial score (nSPS) is 17.8. The van der Waals surface area contributed by atoms with Gasteiger partial charge in [-0.2, -0.15) is 5.11 Å². The lowest BCUT2D eigenvalue weighted by molar-refractivity contribution is -0.140. The van der Waals surface area contributed by atoms with Gasteiger partial charge in [-0.05, 0) is 74.6 Å². The molecule has 1 aliphatic rings. The molecule has 9 heteroatoms. The topological polar surface area (TPSA) is 88.4 Å². The summed E-state index contributed by atoms with van der Waals surface area (Å²) in [5.74, 6) is 0.0285. The van der Waals surface area contributed by atoms with Crippen LogP contribution in [-0.2, 0) is 19.4 Å². The Morgan fingerprint density at radius 2 is 1.88 bits per heavy atom. The van der Waals surface area contributed by atoms with Gasteiger partial charge in [-0.25, -0.2) is 8.42 Å². The minimum Gasteiger partial charge on any atom is -0.464 e. The van der Waals surface area contributed by atoms with Crippen LogP contribution in [0, 0.1) is 6.92 Å². The summed E-state index contributed by atoms with van der Waals surface area (Å²) in [5.41, 5.74) is 4.26. The monoisotopic (exact) mass is 491 g/mol. The highest BCUT2D eigenvalue weighted by Gasteiger charge is 2.36. The SMILES string of the molecule is CC(=O)OCCN1c2cc(C)c(N=Nc3ccc(S(C)(=O)=O)cc3Cl)cc2C(C)CC1(C)C. The quantitative estimate of drug-likeness (QED) is 0.358. The number of hydrogen-bond donors (Lipinski definition) is 0. The third-order valence-corrected chi connectivity index (χ3v) is 7.35. The number of benzene rings is 2. The van der Waals surface area contributed by atoms with Crippen molar-refractivity contribution in [1.82, 2.24) is 0 Å². The lowest BCUT2D eigenvalue weighted by Gasteiger charge is -2.47. The average molecular weight is 492 g/mol. The predicted molar refractivity (Wildman–Crippen MR) is 131 cm³/mol. The molecule has 0 aliphatic carbocycles. The zero-order valence-electron chi connectivity index (χ0n) is 19.8. The second-order valence-electron chi connectivity index (χ2n) is 9.19. The summed E-state index contributed by atoms with van der Waals surface area (Å²) in [6, 6.07) is 8.56. The van der Waals surface area contributed by atoms with E-state index >= 15 is 0 Å². The molecule has 0 fully saturated rings. The molecule has 0 radical (unpaired) electrons. The van der Waals surface area contributed by atoms with Crippen LogP contribution in [0.3, 0.4) is 0 Å². The molecule has 1 unspecified atom stereocenters. The number of azo groups is 1. The largest absolute Gasteiger partial charge is 0.464 e. The molecule has 0 amide bonds. The van der Waals surface area contributed by atoms with E-state index in [4.69, 9.17) is 16.3 Å². The lowest BCUT2D eigenvalue weighted by atomic mass is 9.79. The van der Waals surface area contributed by atoms with Crippen LogP contribution >= 0.6 is 11.6 Å². The Morgan fingerprint density at radius 1 is 1.21 bits per heavy atom. The molecule has 1 heterocycles. The van der Waals surface area contributed by atoms with Gasteiger partial charge in [-0.1, -0.05) is 18.5 Å². The molecule has 7 nitrogen and oxygen atoms in total. The van der Waals surface area contributed by atoms with E-state index in [-0.39, 0.29) is 21.4 Å². The fourth-order valence-electron chi connectivity index (χ4n) is 4.34. The van der Waals surface area contributed by atoms with Crippen molar-refractivity contribution in [1.29, 1.82) is 0 Å². The van der Waals surface area contributed by atoms with Gasteiger partial charge in [0.15, 0.2) is 9.84 Å². The van der Waals surface area contributed by atoms with Crippen LogP contribution in [0.4, 0.5) is 17.1 Å². The first-order valence-corrected chi connectivity index (χ1v) is 13.0. The third-order valence-electron chi connectivity index (χ3n) is 5.94. The number of hydrogen-bond acceptors (Lipinski definition) is 7. The van der Waals surface area contributed by atoms with Gasteiger partial charge < -0.3 is 9.64 Å². The highest BCUT2D eigenvalue weighted by Crippen LogP contribution is 2.45. The van der Waals surface area contributed by atoms with Crippen molar-refractivity contribution >= 4 is 44.5 Å². The number of sulfone groups is 1. The molecular weight excluding hydrogens is 462 g/mol. The van der Waals surface area contributed by atoms with E-state index in [1.165, 1.54) is 19.1 Å². The van der Waals surface area contributed by atoms with Crippen LogP contribution < -0.4 is 4.90 Å². The summed E-state index contributed by atoms with van der Waals surface area (Å²) < 4.78 is 28.6. The molecule has 3 rings (SSSR count). The maximum atomic E-state index is 11.7. The third kappa shape index (κ3) is 5.73. The van der Waals surface area contributed by atoms with Crippen LogP contribution in [0.15, 0.2) is 45.5 Å². The van der Waals surface area contributed by atoms with Crippen molar-refractivity contribution < 1.29 is 17.9 Å². The second kappa shape index (κ2) is 9.43. The van der Waals surface area contributed by atoms with Crippen LogP contribution in [-0.4, -0.2) is 39.3 Å². The van der Waals surface area contributed by atoms with Crippen molar-refractivity contribution in [2.45, 2.75) is 57.4 Å². The van der Waals surface area contributed by atoms with Crippen LogP contribution in [0.2, 0.25) is 5.02 Å². The Kier molecular flexibility index (Phi) is 7.19. The number of halogens is 1. The molecule has 1 atom stereocenters. The number of carbonyl (C=O) groups is 1. The van der Waals surface area contributed by atoms with Gasteiger partial charge in [-0.15, -0.1) is 5.11 Å². The van der Waals surface area contributed by atoms with E-state index in [0.29, 0.717) is 24.8 Å². The Balaban J connectivity index is 1.94. The van der Waals surface area contributed by atoms with E-state index < -0.39 is 9.84 Å². The zero-order valence-corrected chi connectivity index (χ0v) is 21.4. The minimum absolute atomic E-state index is 0.0864. The maximum Gasteiger partial charge on any atom is 0.302 e. The standard InChI is InChI=1S/C24H30ClN3O4S/c1-15-11-23-19(16(2)14-24(4,5)28(23)9-10-32-17(3)29)13-22(15)27-26-21-8-7-18(12-20(21)25)33(6,30)31/h7-8,11-13,16H,9-10,14H2,1-6H3. The minimum atomic E-state index is -3.35. The molecule has 0 bridgehead atoms. The van der Waals surface area contributed by atoms with Gasteiger partial charge in [0.1, 0.15) is 12.3 Å². The van der Waals surface area contributed by atoms with Crippen molar-refractivity contribution in [2.75, 3.05) is 24.3 Å². The second-order valence-corrected chi connectivity index (χ2v) is 11.6.